The average Bonchev–Trinajstić information content (AvgIpc) is 3.10. The number of thiazole rings is 1. The molecule has 154 valence electrons. The zero-order valence-electron chi connectivity index (χ0n) is 17.3. The lowest BCUT2D eigenvalue weighted by Gasteiger charge is -2.22. The molecule has 1 amide bonds. The number of anilines is 1. The molecule has 3 N–H and O–H groups in total. The van der Waals surface area contributed by atoms with E-state index in [-0.39, 0.29) is 5.91 Å². The van der Waals surface area contributed by atoms with Crippen LogP contribution in [0.3, 0.4) is 0 Å². The SMILES string of the molecule is C=c1sc(C(=O)NCC2CCNCC2)n/c1=C(/N=CC)Nc1ccc(C)cc1C. The fourth-order valence-electron chi connectivity index (χ4n) is 3.40. The minimum absolute atomic E-state index is 0.143. The molecule has 1 aromatic heterocycles. The van der Waals surface area contributed by atoms with Crippen molar-refractivity contribution in [3.8, 4) is 0 Å². The molecule has 0 saturated carbocycles. The largest absolute Gasteiger partial charge is 0.350 e. The van der Waals surface area contributed by atoms with Crippen LogP contribution in [0.5, 0.6) is 0 Å². The maximum absolute atomic E-state index is 12.6. The van der Waals surface area contributed by atoms with Crippen LogP contribution in [-0.4, -0.2) is 36.7 Å². The van der Waals surface area contributed by atoms with Gasteiger partial charge in [-0.05, 0) is 64.3 Å². The normalized spacial score (nSPS) is 16.1. The summed E-state index contributed by atoms with van der Waals surface area (Å²) in [6, 6.07) is 6.19. The van der Waals surface area contributed by atoms with Gasteiger partial charge in [0, 0.05) is 18.4 Å². The molecule has 7 heteroatoms. The lowest BCUT2D eigenvalue weighted by molar-refractivity contribution is 0.0943. The van der Waals surface area contributed by atoms with Crippen LogP contribution >= 0.6 is 11.3 Å². The van der Waals surface area contributed by atoms with Crippen LogP contribution in [0.25, 0.3) is 12.4 Å². The number of hydrogen-bond donors (Lipinski definition) is 3. The highest BCUT2D eigenvalue weighted by atomic mass is 32.1. The van der Waals surface area contributed by atoms with Crippen LogP contribution in [0.15, 0.2) is 23.2 Å². The number of piperidine rings is 1. The topological polar surface area (TPSA) is 78.4 Å². The van der Waals surface area contributed by atoms with E-state index in [4.69, 9.17) is 0 Å². The van der Waals surface area contributed by atoms with E-state index in [0.29, 0.717) is 28.6 Å². The summed E-state index contributed by atoms with van der Waals surface area (Å²) in [4.78, 5) is 21.6. The van der Waals surface area contributed by atoms with Gasteiger partial charge in [0.05, 0.1) is 4.53 Å². The zero-order chi connectivity index (χ0) is 20.8. The van der Waals surface area contributed by atoms with E-state index < -0.39 is 0 Å². The average molecular weight is 412 g/mol. The molecule has 2 heterocycles. The van der Waals surface area contributed by atoms with Gasteiger partial charge >= 0.3 is 0 Å². The predicted molar refractivity (Wildman–Crippen MR) is 122 cm³/mol. The fraction of sp³-hybridized carbons (Fsp3) is 0.409. The lowest BCUT2D eigenvalue weighted by Crippen LogP contribution is -2.36. The summed E-state index contributed by atoms with van der Waals surface area (Å²) in [5, 5.41) is 10.8. The molecular formula is C22H29N5OS. The Morgan fingerprint density at radius 1 is 1.38 bits per heavy atom. The van der Waals surface area contributed by atoms with E-state index in [2.05, 4.69) is 58.5 Å². The van der Waals surface area contributed by atoms with E-state index in [1.54, 1.807) is 6.21 Å². The molecule has 1 aliphatic rings. The zero-order valence-corrected chi connectivity index (χ0v) is 18.2. The summed E-state index contributed by atoms with van der Waals surface area (Å²) in [5.41, 5.74) is 3.28. The second-order valence-corrected chi connectivity index (χ2v) is 8.46. The lowest BCUT2D eigenvalue weighted by atomic mass is 9.98. The Balaban J connectivity index is 1.83. The Kier molecular flexibility index (Phi) is 7.17. The molecule has 29 heavy (non-hydrogen) atoms. The first kappa shape index (κ1) is 21.2. The molecule has 1 saturated heterocycles. The van der Waals surface area contributed by atoms with Crippen molar-refractivity contribution in [3.63, 3.8) is 0 Å². The van der Waals surface area contributed by atoms with E-state index >= 15 is 0 Å². The van der Waals surface area contributed by atoms with E-state index in [1.807, 2.05) is 13.0 Å². The van der Waals surface area contributed by atoms with Crippen LogP contribution < -0.4 is 25.8 Å². The Bertz CT molecular complexity index is 1000. The van der Waals surface area contributed by atoms with Crippen LogP contribution in [0.2, 0.25) is 0 Å². The van der Waals surface area contributed by atoms with Gasteiger partial charge in [0.1, 0.15) is 5.35 Å². The molecule has 0 atom stereocenters. The number of nitrogens with one attached hydrogen (secondary N) is 3. The molecule has 3 rings (SSSR count). The summed E-state index contributed by atoms with van der Waals surface area (Å²) < 4.78 is 0.717. The standard InChI is InChI=1S/C22H29N5OS/c1-5-24-20(26-18-7-6-14(2)12-15(18)3)19-16(4)29-22(27-19)21(28)25-13-17-8-10-23-11-9-17/h5-7,12,17,23,26H,4,8-11,13H2,1-3H3,(H,25,28)/b20-19-,24-5?. The summed E-state index contributed by atoms with van der Waals surface area (Å²) in [7, 11) is 0. The number of nitrogens with zero attached hydrogens (tertiary/aromatic N) is 2. The van der Waals surface area contributed by atoms with Crippen molar-refractivity contribution in [2.75, 3.05) is 25.0 Å². The van der Waals surface area contributed by atoms with Gasteiger partial charge in [0.2, 0.25) is 0 Å². The minimum atomic E-state index is -0.143. The van der Waals surface area contributed by atoms with E-state index in [1.165, 1.54) is 16.9 Å². The predicted octanol–water partition coefficient (Wildman–Crippen LogP) is 2.17. The molecular weight excluding hydrogens is 382 g/mol. The maximum Gasteiger partial charge on any atom is 0.280 e. The molecule has 0 radical (unpaired) electrons. The van der Waals surface area contributed by atoms with Gasteiger partial charge in [0.15, 0.2) is 10.8 Å². The first-order valence-electron chi connectivity index (χ1n) is 10.00. The molecule has 0 unspecified atom stereocenters. The quantitative estimate of drug-likeness (QED) is 0.637. The Hall–Kier alpha value is -2.51. The molecule has 0 aliphatic carbocycles. The third-order valence-corrected chi connectivity index (χ3v) is 5.93. The molecule has 1 fully saturated rings. The number of benzene rings is 1. The highest BCUT2D eigenvalue weighted by Crippen LogP contribution is 2.18. The number of amides is 1. The van der Waals surface area contributed by atoms with E-state index in [0.717, 1.165) is 41.7 Å². The van der Waals surface area contributed by atoms with Crippen molar-refractivity contribution in [2.45, 2.75) is 33.6 Å². The third-order valence-electron chi connectivity index (χ3n) is 5.02. The Morgan fingerprint density at radius 2 is 2.14 bits per heavy atom. The van der Waals surface area contributed by atoms with Crippen molar-refractivity contribution >= 4 is 41.5 Å². The second-order valence-electron chi connectivity index (χ2n) is 7.37. The first-order valence-corrected chi connectivity index (χ1v) is 10.8. The molecule has 6 nitrogen and oxygen atoms in total. The van der Waals surface area contributed by atoms with Crippen molar-refractivity contribution in [1.29, 1.82) is 0 Å². The summed E-state index contributed by atoms with van der Waals surface area (Å²) >= 11 is 1.30. The monoisotopic (exact) mass is 411 g/mol. The van der Waals surface area contributed by atoms with Crippen LogP contribution in [-0.2, 0) is 0 Å². The van der Waals surface area contributed by atoms with Gasteiger partial charge in [-0.1, -0.05) is 24.3 Å². The number of aryl methyl sites for hydroxylation is 2. The van der Waals surface area contributed by atoms with Crippen molar-refractivity contribution in [3.05, 3.63) is 44.2 Å². The van der Waals surface area contributed by atoms with Crippen LogP contribution in [0.1, 0.15) is 40.7 Å². The number of carbonyl (C=O) groups is 1. The number of rotatable bonds is 6. The Labute approximate surface area is 175 Å². The van der Waals surface area contributed by atoms with Crippen molar-refractivity contribution < 1.29 is 4.79 Å². The van der Waals surface area contributed by atoms with Gasteiger partial charge in [-0.25, -0.2) is 9.98 Å². The highest BCUT2D eigenvalue weighted by molar-refractivity contribution is 7.11. The molecule has 2 aromatic rings. The molecule has 0 bridgehead atoms. The van der Waals surface area contributed by atoms with Crippen LogP contribution in [0.4, 0.5) is 5.69 Å². The molecule has 1 aliphatic heterocycles. The number of carbonyl (C=O) groups excluding carboxylic acids is 1. The molecule has 0 spiro atoms. The van der Waals surface area contributed by atoms with E-state index in [9.17, 15) is 4.79 Å². The number of aromatic nitrogens is 1. The Morgan fingerprint density at radius 3 is 2.83 bits per heavy atom. The van der Waals surface area contributed by atoms with Gasteiger partial charge in [-0.2, -0.15) is 0 Å². The summed E-state index contributed by atoms with van der Waals surface area (Å²) in [6.07, 6.45) is 3.89. The van der Waals surface area contributed by atoms with Gasteiger partial charge in [0.25, 0.3) is 5.91 Å². The third kappa shape index (κ3) is 5.52. The van der Waals surface area contributed by atoms with Crippen molar-refractivity contribution in [2.24, 2.45) is 10.9 Å². The highest BCUT2D eigenvalue weighted by Gasteiger charge is 2.17. The minimum Gasteiger partial charge on any atom is -0.350 e. The van der Waals surface area contributed by atoms with Crippen molar-refractivity contribution in [1.82, 2.24) is 15.6 Å². The van der Waals surface area contributed by atoms with Gasteiger partial charge in [-0.15, -0.1) is 11.3 Å². The van der Waals surface area contributed by atoms with Gasteiger partial charge in [-0.3, -0.25) is 4.79 Å². The smallest absolute Gasteiger partial charge is 0.280 e. The van der Waals surface area contributed by atoms with Gasteiger partial charge < -0.3 is 16.0 Å². The maximum atomic E-state index is 12.6. The number of aliphatic imine (C=N–C) groups is 1. The number of hydrogen-bond acceptors (Lipinski definition) is 6. The first-order chi connectivity index (χ1) is 14.0. The summed E-state index contributed by atoms with van der Waals surface area (Å²) in [5.74, 6) is 0.978. The second kappa shape index (κ2) is 9.80. The molecule has 1 aromatic carbocycles. The summed E-state index contributed by atoms with van der Waals surface area (Å²) in [6.45, 7) is 12.8. The van der Waals surface area contributed by atoms with Crippen LogP contribution in [0, 0.1) is 19.8 Å². The fourth-order valence-corrected chi connectivity index (χ4v) is 4.17.